The summed E-state index contributed by atoms with van der Waals surface area (Å²) in [6.07, 6.45) is 2.28. The van der Waals surface area contributed by atoms with Crippen LogP contribution in [0.4, 0.5) is 0 Å². The molecular formula is C12H21NO3S. The Kier molecular flexibility index (Phi) is 5.82. The SMILES string of the molecule is CCN(C(=O)CSCC(C)C(=O)OC)C1CC1. The van der Waals surface area contributed by atoms with E-state index >= 15 is 0 Å². The third-order valence-electron chi connectivity index (χ3n) is 2.85. The monoisotopic (exact) mass is 259 g/mol. The molecule has 5 heteroatoms. The van der Waals surface area contributed by atoms with Crippen molar-refractivity contribution in [1.29, 1.82) is 0 Å². The first kappa shape index (κ1) is 14.4. The molecule has 0 bridgehead atoms. The minimum absolute atomic E-state index is 0.145. The van der Waals surface area contributed by atoms with Crippen molar-refractivity contribution in [3.05, 3.63) is 0 Å². The molecule has 0 heterocycles. The number of ether oxygens (including phenoxy) is 1. The number of carbonyl (C=O) groups is 2. The highest BCUT2D eigenvalue weighted by atomic mass is 32.2. The van der Waals surface area contributed by atoms with Gasteiger partial charge in [0.1, 0.15) is 0 Å². The fourth-order valence-corrected chi connectivity index (χ4v) is 2.65. The molecule has 0 N–H and O–H groups in total. The van der Waals surface area contributed by atoms with Gasteiger partial charge >= 0.3 is 5.97 Å². The summed E-state index contributed by atoms with van der Waals surface area (Å²) in [6, 6.07) is 0.478. The van der Waals surface area contributed by atoms with Crippen LogP contribution in [0.5, 0.6) is 0 Å². The number of esters is 1. The summed E-state index contributed by atoms with van der Waals surface area (Å²) in [5.41, 5.74) is 0. The quantitative estimate of drug-likeness (QED) is 0.651. The third kappa shape index (κ3) is 4.58. The fourth-order valence-electron chi connectivity index (χ4n) is 1.70. The number of nitrogens with zero attached hydrogens (tertiary/aromatic N) is 1. The van der Waals surface area contributed by atoms with Crippen LogP contribution in [-0.4, -0.2) is 48.0 Å². The van der Waals surface area contributed by atoms with E-state index in [0.717, 1.165) is 19.4 Å². The molecule has 1 aliphatic rings. The maximum Gasteiger partial charge on any atom is 0.309 e. The van der Waals surface area contributed by atoms with Crippen LogP contribution >= 0.6 is 11.8 Å². The fraction of sp³-hybridized carbons (Fsp3) is 0.833. The maximum atomic E-state index is 11.9. The number of methoxy groups -OCH3 is 1. The molecule has 0 radical (unpaired) electrons. The smallest absolute Gasteiger partial charge is 0.309 e. The van der Waals surface area contributed by atoms with E-state index in [0.29, 0.717) is 17.5 Å². The maximum absolute atomic E-state index is 11.9. The van der Waals surface area contributed by atoms with E-state index in [-0.39, 0.29) is 17.8 Å². The first-order chi connectivity index (χ1) is 8.10. The van der Waals surface area contributed by atoms with E-state index in [1.54, 1.807) is 0 Å². The number of thioether (sulfide) groups is 1. The van der Waals surface area contributed by atoms with Gasteiger partial charge in [0, 0.05) is 18.3 Å². The largest absolute Gasteiger partial charge is 0.469 e. The van der Waals surface area contributed by atoms with Crippen LogP contribution in [0, 0.1) is 5.92 Å². The van der Waals surface area contributed by atoms with Crippen molar-refractivity contribution in [2.24, 2.45) is 5.92 Å². The van der Waals surface area contributed by atoms with Crippen molar-refractivity contribution in [2.45, 2.75) is 32.7 Å². The summed E-state index contributed by atoms with van der Waals surface area (Å²) < 4.78 is 4.64. The van der Waals surface area contributed by atoms with Gasteiger partial charge in [0.25, 0.3) is 0 Å². The summed E-state index contributed by atoms with van der Waals surface area (Å²) in [5.74, 6) is 0.942. The van der Waals surface area contributed by atoms with E-state index in [1.165, 1.54) is 18.9 Å². The Morgan fingerprint density at radius 2 is 2.12 bits per heavy atom. The zero-order valence-electron chi connectivity index (χ0n) is 10.8. The number of rotatable bonds is 7. The van der Waals surface area contributed by atoms with Crippen molar-refractivity contribution in [2.75, 3.05) is 25.2 Å². The van der Waals surface area contributed by atoms with Crippen molar-refractivity contribution in [3.63, 3.8) is 0 Å². The van der Waals surface area contributed by atoms with Gasteiger partial charge in [-0.15, -0.1) is 0 Å². The number of hydrogen-bond acceptors (Lipinski definition) is 4. The molecular weight excluding hydrogens is 238 g/mol. The van der Waals surface area contributed by atoms with Crippen LogP contribution in [0.3, 0.4) is 0 Å². The van der Waals surface area contributed by atoms with Gasteiger partial charge < -0.3 is 9.64 Å². The highest BCUT2D eigenvalue weighted by molar-refractivity contribution is 7.99. The van der Waals surface area contributed by atoms with Crippen LogP contribution < -0.4 is 0 Å². The van der Waals surface area contributed by atoms with Crippen LogP contribution in [0.2, 0.25) is 0 Å². The molecule has 0 aliphatic heterocycles. The molecule has 0 aromatic heterocycles. The Morgan fingerprint density at radius 1 is 1.47 bits per heavy atom. The van der Waals surface area contributed by atoms with Gasteiger partial charge in [-0.05, 0) is 19.8 Å². The average molecular weight is 259 g/mol. The first-order valence-corrected chi connectivity index (χ1v) is 7.20. The van der Waals surface area contributed by atoms with Gasteiger partial charge in [0.05, 0.1) is 18.8 Å². The second-order valence-corrected chi connectivity index (χ2v) is 5.38. The number of carbonyl (C=O) groups excluding carboxylic acids is 2. The van der Waals surface area contributed by atoms with Crippen LogP contribution in [-0.2, 0) is 14.3 Å². The van der Waals surface area contributed by atoms with Gasteiger partial charge in [-0.1, -0.05) is 6.92 Å². The molecule has 1 amide bonds. The predicted octanol–water partition coefficient (Wildman–Crippen LogP) is 1.54. The topological polar surface area (TPSA) is 46.6 Å². The lowest BCUT2D eigenvalue weighted by Crippen LogP contribution is -2.34. The summed E-state index contributed by atoms with van der Waals surface area (Å²) in [7, 11) is 1.39. The van der Waals surface area contributed by atoms with E-state index in [9.17, 15) is 9.59 Å². The molecule has 0 aromatic rings. The second kappa shape index (κ2) is 6.89. The lowest BCUT2D eigenvalue weighted by atomic mass is 10.2. The van der Waals surface area contributed by atoms with E-state index in [2.05, 4.69) is 4.74 Å². The van der Waals surface area contributed by atoms with Crippen molar-refractivity contribution < 1.29 is 14.3 Å². The van der Waals surface area contributed by atoms with Crippen LogP contribution in [0.1, 0.15) is 26.7 Å². The average Bonchev–Trinajstić information content (AvgIpc) is 3.13. The summed E-state index contributed by atoms with van der Waals surface area (Å²) in [5, 5.41) is 0. The molecule has 1 saturated carbocycles. The lowest BCUT2D eigenvalue weighted by molar-refractivity contribution is -0.144. The number of hydrogen-bond donors (Lipinski definition) is 0. The Bertz CT molecular complexity index is 279. The summed E-state index contributed by atoms with van der Waals surface area (Å²) in [6.45, 7) is 4.62. The Morgan fingerprint density at radius 3 is 2.59 bits per heavy atom. The summed E-state index contributed by atoms with van der Waals surface area (Å²) >= 11 is 1.51. The Balaban J connectivity index is 2.21. The molecule has 98 valence electrons. The zero-order valence-corrected chi connectivity index (χ0v) is 11.6. The minimum atomic E-state index is -0.209. The van der Waals surface area contributed by atoms with Crippen molar-refractivity contribution in [3.8, 4) is 0 Å². The van der Waals surface area contributed by atoms with E-state index in [4.69, 9.17) is 0 Å². The van der Waals surface area contributed by atoms with Gasteiger partial charge in [0.2, 0.25) is 5.91 Å². The summed E-state index contributed by atoms with van der Waals surface area (Å²) in [4.78, 5) is 25.0. The van der Waals surface area contributed by atoms with Crippen LogP contribution in [0.25, 0.3) is 0 Å². The number of amides is 1. The molecule has 17 heavy (non-hydrogen) atoms. The molecule has 0 aromatic carbocycles. The van der Waals surface area contributed by atoms with Gasteiger partial charge in [0.15, 0.2) is 0 Å². The Labute approximate surface area is 107 Å². The molecule has 1 atom stereocenters. The van der Waals surface area contributed by atoms with Crippen molar-refractivity contribution in [1.82, 2.24) is 4.90 Å². The normalized spacial score (nSPS) is 16.4. The molecule has 1 fully saturated rings. The predicted molar refractivity (Wildman–Crippen MR) is 68.9 cm³/mol. The molecule has 1 aliphatic carbocycles. The van der Waals surface area contributed by atoms with Crippen LogP contribution in [0.15, 0.2) is 0 Å². The van der Waals surface area contributed by atoms with Gasteiger partial charge in [-0.3, -0.25) is 9.59 Å². The highest BCUT2D eigenvalue weighted by Gasteiger charge is 2.31. The lowest BCUT2D eigenvalue weighted by Gasteiger charge is -2.20. The van der Waals surface area contributed by atoms with Crippen molar-refractivity contribution >= 4 is 23.6 Å². The molecule has 1 rings (SSSR count). The zero-order chi connectivity index (χ0) is 12.8. The molecule has 0 spiro atoms. The van der Waals surface area contributed by atoms with E-state index < -0.39 is 0 Å². The Hall–Kier alpha value is -0.710. The highest BCUT2D eigenvalue weighted by Crippen LogP contribution is 2.27. The third-order valence-corrected chi connectivity index (χ3v) is 4.03. The van der Waals surface area contributed by atoms with Gasteiger partial charge in [-0.25, -0.2) is 0 Å². The first-order valence-electron chi connectivity index (χ1n) is 6.05. The van der Waals surface area contributed by atoms with E-state index in [1.807, 2.05) is 18.7 Å². The molecule has 0 saturated heterocycles. The minimum Gasteiger partial charge on any atom is -0.469 e. The molecule has 1 unspecified atom stereocenters. The molecule has 4 nitrogen and oxygen atoms in total. The second-order valence-electron chi connectivity index (χ2n) is 4.35. The van der Waals surface area contributed by atoms with Gasteiger partial charge in [-0.2, -0.15) is 11.8 Å². The standard InChI is InChI=1S/C12H21NO3S/c1-4-13(10-5-6-10)11(14)8-17-7-9(2)12(15)16-3/h9-10H,4-8H2,1-3H3.